The van der Waals surface area contributed by atoms with Crippen LogP contribution in [0.4, 0.5) is 4.39 Å². The van der Waals surface area contributed by atoms with E-state index in [9.17, 15) is 14.3 Å². The van der Waals surface area contributed by atoms with Gasteiger partial charge in [-0.1, -0.05) is 42.5 Å². The smallest absolute Gasteiger partial charge is 0.223 e. The number of halogens is 1. The molecule has 4 heteroatoms. The zero-order chi connectivity index (χ0) is 16.4. The summed E-state index contributed by atoms with van der Waals surface area (Å²) in [5.41, 5.74) is 0.657. The highest BCUT2D eigenvalue weighted by molar-refractivity contribution is 5.83. The molecule has 0 aliphatic heterocycles. The second-order valence-electron chi connectivity index (χ2n) is 6.36. The number of benzene rings is 2. The third-order valence-electron chi connectivity index (χ3n) is 4.43. The van der Waals surface area contributed by atoms with Crippen molar-refractivity contribution in [1.82, 2.24) is 5.32 Å². The maximum atomic E-state index is 12.9. The molecule has 0 radical (unpaired) electrons. The van der Waals surface area contributed by atoms with E-state index < -0.39 is 5.60 Å². The fraction of sp³-hybridized carbons (Fsp3) is 0.316. The zero-order valence-electron chi connectivity index (χ0n) is 13.0. The van der Waals surface area contributed by atoms with Crippen LogP contribution >= 0.6 is 0 Å². The van der Waals surface area contributed by atoms with Crippen LogP contribution < -0.4 is 5.32 Å². The van der Waals surface area contributed by atoms with Crippen molar-refractivity contribution in [3.8, 4) is 0 Å². The van der Waals surface area contributed by atoms with Gasteiger partial charge in [-0.15, -0.1) is 0 Å². The molecule has 3 unspecified atom stereocenters. The Hall–Kier alpha value is -2.20. The number of carbonyl (C=O) groups is 1. The van der Waals surface area contributed by atoms with Gasteiger partial charge in [-0.3, -0.25) is 4.79 Å². The topological polar surface area (TPSA) is 49.3 Å². The number of carbonyl (C=O) groups excluding carboxylic acids is 1. The molecule has 0 spiro atoms. The predicted molar refractivity (Wildman–Crippen MR) is 86.3 cm³/mol. The van der Waals surface area contributed by atoms with Crippen LogP contribution in [0.1, 0.15) is 30.4 Å². The summed E-state index contributed by atoms with van der Waals surface area (Å²) in [7, 11) is 0. The van der Waals surface area contributed by atoms with Crippen molar-refractivity contribution in [2.24, 2.45) is 5.92 Å². The molecule has 0 bridgehead atoms. The van der Waals surface area contributed by atoms with E-state index in [1.54, 1.807) is 19.1 Å². The highest BCUT2D eigenvalue weighted by Crippen LogP contribution is 2.47. The lowest BCUT2D eigenvalue weighted by Crippen LogP contribution is -2.39. The first-order chi connectivity index (χ1) is 11.0. The molecule has 0 saturated heterocycles. The second kappa shape index (κ2) is 6.13. The van der Waals surface area contributed by atoms with E-state index in [0.717, 1.165) is 17.5 Å². The van der Waals surface area contributed by atoms with Crippen molar-refractivity contribution in [2.75, 3.05) is 6.54 Å². The summed E-state index contributed by atoms with van der Waals surface area (Å²) in [5, 5.41) is 13.3. The molecule has 0 aromatic heterocycles. The average Bonchev–Trinajstić information content (AvgIpc) is 3.35. The van der Waals surface area contributed by atoms with Crippen LogP contribution in [0.5, 0.6) is 0 Å². The van der Waals surface area contributed by atoms with Crippen molar-refractivity contribution in [1.29, 1.82) is 0 Å². The van der Waals surface area contributed by atoms with Crippen LogP contribution in [0.3, 0.4) is 0 Å². The summed E-state index contributed by atoms with van der Waals surface area (Å²) in [6.07, 6.45) is 0.769. The molecule has 2 N–H and O–H groups in total. The van der Waals surface area contributed by atoms with Gasteiger partial charge in [-0.2, -0.15) is 0 Å². The van der Waals surface area contributed by atoms with Crippen LogP contribution in [-0.2, 0) is 10.4 Å². The standard InChI is InChI=1S/C19H20FNO2/c1-19(23,14-5-3-2-4-6-14)12-21-18(22)17-11-16(17)13-7-9-15(20)10-8-13/h2-10,16-17,23H,11-12H2,1H3,(H,21,22). The van der Waals surface area contributed by atoms with Gasteiger partial charge in [0, 0.05) is 5.92 Å². The van der Waals surface area contributed by atoms with Gasteiger partial charge in [-0.25, -0.2) is 4.39 Å². The molecular formula is C19H20FNO2. The summed E-state index contributed by atoms with van der Waals surface area (Å²) in [6.45, 7) is 1.86. The molecule has 2 aromatic rings. The van der Waals surface area contributed by atoms with E-state index in [4.69, 9.17) is 0 Å². The van der Waals surface area contributed by atoms with E-state index in [1.165, 1.54) is 12.1 Å². The summed E-state index contributed by atoms with van der Waals surface area (Å²) in [6, 6.07) is 15.6. The summed E-state index contributed by atoms with van der Waals surface area (Å²) >= 11 is 0. The van der Waals surface area contributed by atoms with Gasteiger partial charge in [0.25, 0.3) is 0 Å². The van der Waals surface area contributed by atoms with E-state index in [2.05, 4.69) is 5.32 Å². The number of aliphatic hydroxyl groups is 1. The lowest BCUT2D eigenvalue weighted by Gasteiger charge is -2.24. The minimum absolute atomic E-state index is 0.0597. The molecule has 1 fully saturated rings. The first-order valence-corrected chi connectivity index (χ1v) is 7.78. The number of hydrogen-bond donors (Lipinski definition) is 2. The van der Waals surface area contributed by atoms with Crippen LogP contribution in [0.25, 0.3) is 0 Å². The first kappa shape index (κ1) is 15.7. The molecule has 1 aliphatic carbocycles. The van der Waals surface area contributed by atoms with Gasteiger partial charge in [0.05, 0.1) is 6.54 Å². The number of nitrogens with one attached hydrogen (secondary N) is 1. The molecule has 23 heavy (non-hydrogen) atoms. The summed E-state index contributed by atoms with van der Waals surface area (Å²) in [5.74, 6) is -0.269. The molecule has 3 atom stereocenters. The molecule has 3 rings (SSSR count). The highest BCUT2D eigenvalue weighted by Gasteiger charge is 2.44. The van der Waals surface area contributed by atoms with Gasteiger partial charge in [0.2, 0.25) is 5.91 Å². The van der Waals surface area contributed by atoms with Crippen LogP contribution in [0, 0.1) is 11.7 Å². The van der Waals surface area contributed by atoms with Crippen LogP contribution in [0.15, 0.2) is 54.6 Å². The lowest BCUT2D eigenvalue weighted by molar-refractivity contribution is -0.123. The minimum atomic E-state index is -1.10. The Morgan fingerprint density at radius 2 is 1.87 bits per heavy atom. The van der Waals surface area contributed by atoms with Gasteiger partial charge < -0.3 is 10.4 Å². The minimum Gasteiger partial charge on any atom is -0.384 e. The molecule has 2 aromatic carbocycles. The Morgan fingerprint density at radius 3 is 2.52 bits per heavy atom. The molecular weight excluding hydrogens is 293 g/mol. The van der Waals surface area contributed by atoms with Gasteiger partial charge in [0.1, 0.15) is 11.4 Å². The van der Waals surface area contributed by atoms with E-state index in [0.29, 0.717) is 0 Å². The number of rotatable bonds is 5. The summed E-state index contributed by atoms with van der Waals surface area (Å²) in [4.78, 5) is 12.2. The van der Waals surface area contributed by atoms with Crippen molar-refractivity contribution >= 4 is 5.91 Å². The van der Waals surface area contributed by atoms with Crippen molar-refractivity contribution in [2.45, 2.75) is 24.9 Å². The van der Waals surface area contributed by atoms with Crippen LogP contribution in [-0.4, -0.2) is 17.6 Å². The Kier molecular flexibility index (Phi) is 4.18. The van der Waals surface area contributed by atoms with Crippen molar-refractivity contribution in [3.63, 3.8) is 0 Å². The Morgan fingerprint density at radius 1 is 1.22 bits per heavy atom. The predicted octanol–water partition coefficient (Wildman–Crippen LogP) is 2.95. The van der Waals surface area contributed by atoms with Gasteiger partial charge in [-0.05, 0) is 42.5 Å². The molecule has 1 aliphatic rings. The maximum Gasteiger partial charge on any atom is 0.223 e. The fourth-order valence-electron chi connectivity index (χ4n) is 2.85. The maximum absolute atomic E-state index is 12.9. The quantitative estimate of drug-likeness (QED) is 0.891. The van der Waals surface area contributed by atoms with E-state index in [-0.39, 0.29) is 30.1 Å². The average molecular weight is 313 g/mol. The monoisotopic (exact) mass is 313 g/mol. The highest BCUT2D eigenvalue weighted by atomic mass is 19.1. The van der Waals surface area contributed by atoms with Crippen molar-refractivity contribution < 1.29 is 14.3 Å². The Balaban J connectivity index is 1.56. The largest absolute Gasteiger partial charge is 0.384 e. The zero-order valence-corrected chi connectivity index (χ0v) is 13.0. The molecule has 120 valence electrons. The molecule has 1 amide bonds. The lowest BCUT2D eigenvalue weighted by atomic mass is 9.96. The van der Waals surface area contributed by atoms with Gasteiger partial charge >= 0.3 is 0 Å². The van der Waals surface area contributed by atoms with E-state index >= 15 is 0 Å². The SMILES string of the molecule is CC(O)(CNC(=O)C1CC1c1ccc(F)cc1)c1ccccc1. The fourth-order valence-corrected chi connectivity index (χ4v) is 2.85. The number of amides is 1. The third kappa shape index (κ3) is 3.59. The molecule has 1 saturated carbocycles. The first-order valence-electron chi connectivity index (χ1n) is 7.78. The number of hydrogen-bond acceptors (Lipinski definition) is 2. The van der Waals surface area contributed by atoms with E-state index in [1.807, 2.05) is 30.3 Å². The second-order valence-corrected chi connectivity index (χ2v) is 6.36. The Bertz CT molecular complexity index is 682. The summed E-state index contributed by atoms with van der Waals surface area (Å²) < 4.78 is 12.9. The Labute approximate surface area is 135 Å². The molecule has 0 heterocycles. The third-order valence-corrected chi connectivity index (χ3v) is 4.43. The van der Waals surface area contributed by atoms with Crippen molar-refractivity contribution in [3.05, 3.63) is 71.5 Å². The van der Waals surface area contributed by atoms with Crippen LogP contribution in [0.2, 0.25) is 0 Å². The molecule has 3 nitrogen and oxygen atoms in total. The van der Waals surface area contributed by atoms with Gasteiger partial charge in [0.15, 0.2) is 0 Å². The normalized spacial score (nSPS) is 22.2.